The number of benzene rings is 12. The maximum absolute atomic E-state index is 13.7. The Balaban J connectivity index is 0.877. The Morgan fingerprint density at radius 2 is 0.353 bits per heavy atom. The molecule has 12 aromatic carbocycles. The van der Waals surface area contributed by atoms with Gasteiger partial charge in [0.15, 0.2) is 8.07 Å². The first-order chi connectivity index (χ1) is 41.1. The van der Waals surface area contributed by atoms with Gasteiger partial charge in [-0.25, -0.2) is 33.7 Å². The SMILES string of the molecule is O=S1(=O)c2ccccc2-c2cc(-c3ccc([Si](c4ccc(-c5ccc6c(c5)-c5ccccc5S6(=O)=O)cc4)(c4ccc(-c5ccc6c(c5)-c5ccccc5S6(=O)=O)cc4)c4ccc(-c5ccc6c(c5)-c5ccccc5S6(=O)=O)cc4)cc3)ccc21. The monoisotopic (exact) mass is 1190 g/mol. The van der Waals surface area contributed by atoms with Gasteiger partial charge >= 0.3 is 0 Å². The smallest absolute Gasteiger partial charge is 0.207 e. The van der Waals surface area contributed by atoms with Crippen LogP contribution in [0.1, 0.15) is 0 Å². The number of hydrogen-bond donors (Lipinski definition) is 0. The highest BCUT2D eigenvalue weighted by Crippen LogP contribution is 2.48. The van der Waals surface area contributed by atoms with Crippen molar-refractivity contribution < 1.29 is 33.7 Å². The Morgan fingerprint density at radius 1 is 0.176 bits per heavy atom. The van der Waals surface area contributed by atoms with Gasteiger partial charge in [0.2, 0.25) is 39.3 Å². The summed E-state index contributed by atoms with van der Waals surface area (Å²) in [5, 5.41) is 4.21. The molecule has 0 atom stereocenters. The molecular weight excluding hydrogens is 1150 g/mol. The van der Waals surface area contributed by atoms with E-state index >= 15 is 0 Å². The first-order valence-electron chi connectivity index (χ1n) is 27.5. The summed E-state index contributed by atoms with van der Waals surface area (Å²) in [5.41, 5.74) is 12.4. The van der Waals surface area contributed by atoms with Crippen molar-refractivity contribution in [1.29, 1.82) is 0 Å². The minimum Gasteiger partial charge on any atom is -0.218 e. The summed E-state index contributed by atoms with van der Waals surface area (Å²) < 4.78 is 109. The van der Waals surface area contributed by atoms with Gasteiger partial charge in [0.25, 0.3) is 0 Å². The summed E-state index contributed by atoms with van der Waals surface area (Å²) in [6.07, 6.45) is 0. The Labute approximate surface area is 493 Å². The van der Waals surface area contributed by atoms with Crippen LogP contribution in [0.15, 0.2) is 306 Å². The van der Waals surface area contributed by atoms with Gasteiger partial charge in [0.05, 0.1) is 39.2 Å². The molecule has 0 unspecified atom stereocenters. The highest BCUT2D eigenvalue weighted by Gasteiger charge is 2.43. The number of rotatable bonds is 8. The largest absolute Gasteiger partial charge is 0.218 e. The second-order valence-corrected chi connectivity index (χ2v) is 33.3. The third-order valence-corrected chi connectivity index (χ3v) is 29.8. The van der Waals surface area contributed by atoms with Crippen molar-refractivity contribution >= 4 is 68.2 Å². The fourth-order valence-corrected chi connectivity index (χ4v) is 24.8. The fourth-order valence-electron chi connectivity index (χ4n) is 13.4. The highest BCUT2D eigenvalue weighted by atomic mass is 32.2. The molecule has 12 aromatic rings. The van der Waals surface area contributed by atoms with Crippen molar-refractivity contribution in [1.82, 2.24) is 0 Å². The number of hydrogen-bond acceptors (Lipinski definition) is 8. The zero-order valence-corrected chi connectivity index (χ0v) is 49.1. The predicted octanol–water partition coefficient (Wildman–Crippen LogP) is 13.0. The molecule has 0 amide bonds. The summed E-state index contributed by atoms with van der Waals surface area (Å²) in [7, 11) is -18.1. The Bertz CT molecular complexity index is 4710. The Morgan fingerprint density at radius 3 is 0.565 bits per heavy atom. The molecule has 0 fully saturated rings. The van der Waals surface area contributed by atoms with Gasteiger partial charge in [-0.05, 0) is 138 Å². The van der Waals surface area contributed by atoms with Gasteiger partial charge in [-0.1, -0.05) is 194 Å². The lowest BCUT2D eigenvalue weighted by Gasteiger charge is -2.35. The minimum atomic E-state index is -3.67. The van der Waals surface area contributed by atoms with Crippen LogP contribution >= 0.6 is 0 Å². The van der Waals surface area contributed by atoms with Crippen molar-refractivity contribution in [3.05, 3.63) is 267 Å². The summed E-state index contributed by atoms with van der Waals surface area (Å²) in [6, 6.07) is 84.8. The zero-order chi connectivity index (χ0) is 57.8. The van der Waals surface area contributed by atoms with Crippen molar-refractivity contribution in [2.75, 3.05) is 0 Å². The van der Waals surface area contributed by atoms with E-state index in [1.807, 2.05) is 97.1 Å². The fraction of sp³-hybridized carbons (Fsp3) is 0. The van der Waals surface area contributed by atoms with E-state index in [4.69, 9.17) is 0 Å². The van der Waals surface area contributed by atoms with Crippen LogP contribution in [0.3, 0.4) is 0 Å². The van der Waals surface area contributed by atoms with E-state index in [0.717, 1.165) is 65.3 Å². The van der Waals surface area contributed by atoms with E-state index in [1.165, 1.54) is 0 Å². The molecule has 0 bridgehead atoms. The summed E-state index contributed by atoms with van der Waals surface area (Å²) in [4.78, 5) is 2.35. The average Bonchev–Trinajstić information content (AvgIpc) is 1.66. The van der Waals surface area contributed by atoms with E-state index < -0.39 is 47.4 Å². The quantitative estimate of drug-likeness (QED) is 0.108. The van der Waals surface area contributed by atoms with E-state index in [1.54, 1.807) is 72.8 Å². The molecule has 4 aliphatic heterocycles. The second kappa shape index (κ2) is 18.3. The van der Waals surface area contributed by atoms with Gasteiger partial charge in [-0.15, -0.1) is 0 Å². The van der Waals surface area contributed by atoms with E-state index in [2.05, 4.69) is 97.1 Å². The normalized spacial score (nSPS) is 15.3. The van der Waals surface area contributed by atoms with Crippen LogP contribution in [0.2, 0.25) is 0 Å². The van der Waals surface area contributed by atoms with E-state index in [0.29, 0.717) is 64.1 Å². The van der Waals surface area contributed by atoms with Crippen molar-refractivity contribution in [2.24, 2.45) is 0 Å². The third-order valence-electron chi connectivity index (χ3n) is 17.5. The third kappa shape index (κ3) is 7.41. The first kappa shape index (κ1) is 51.3. The first-order valence-corrected chi connectivity index (χ1v) is 35.4. The molecule has 16 rings (SSSR count). The van der Waals surface area contributed by atoms with Gasteiger partial charge in [-0.3, -0.25) is 0 Å². The zero-order valence-electron chi connectivity index (χ0n) is 44.8. The number of fused-ring (bicyclic) bond motifs is 12. The standard InChI is InChI=1S/C72H44O8S4Si/c73-81(74)65-13-5-1-9-57(65)61-41-49(25-37-69(61)81)45-17-29-53(30-18-45)85(54-31-19-46(20-32-54)50-26-38-70-62(42-50)58-10-2-6-14-66(58)82(70,75)76,55-33-21-47(22-34-55)51-27-39-71-63(43-51)59-11-3-7-15-67(59)83(71,77)78)56-35-23-48(24-36-56)52-28-40-72-64(44-52)60-12-4-8-16-68(60)84(72,79)80/h1-44H. The molecule has 4 aliphatic rings. The van der Waals surface area contributed by atoms with Crippen LogP contribution < -0.4 is 20.7 Å². The Hall–Kier alpha value is -9.34. The van der Waals surface area contributed by atoms with Crippen LogP contribution in [-0.2, 0) is 39.3 Å². The Kier molecular flexibility index (Phi) is 11.1. The minimum absolute atomic E-state index is 0.287. The van der Waals surface area contributed by atoms with Gasteiger partial charge in [-0.2, -0.15) is 0 Å². The van der Waals surface area contributed by atoms with Gasteiger partial charge < -0.3 is 0 Å². The van der Waals surface area contributed by atoms with Crippen LogP contribution in [0, 0.1) is 0 Å². The molecule has 0 radical (unpaired) electrons. The van der Waals surface area contributed by atoms with Crippen molar-refractivity contribution in [2.45, 2.75) is 39.2 Å². The second-order valence-electron chi connectivity index (χ2n) is 21.9. The molecule has 0 aliphatic carbocycles. The topological polar surface area (TPSA) is 137 Å². The molecule has 408 valence electrons. The number of sulfone groups is 4. The van der Waals surface area contributed by atoms with E-state index in [9.17, 15) is 33.7 Å². The molecule has 0 aromatic heterocycles. The molecule has 0 saturated heterocycles. The molecular formula is C72H44O8S4Si. The lowest BCUT2D eigenvalue weighted by Crippen LogP contribution is -2.74. The predicted molar refractivity (Wildman–Crippen MR) is 335 cm³/mol. The van der Waals surface area contributed by atoms with Gasteiger partial charge in [0, 0.05) is 44.5 Å². The lowest BCUT2D eigenvalue weighted by molar-refractivity contribution is 0.597. The molecule has 0 N–H and O–H groups in total. The molecule has 85 heavy (non-hydrogen) atoms. The summed E-state index contributed by atoms with van der Waals surface area (Å²) in [6.45, 7) is 0. The van der Waals surface area contributed by atoms with Crippen LogP contribution in [0.4, 0.5) is 0 Å². The molecule has 0 spiro atoms. The van der Waals surface area contributed by atoms with Crippen LogP contribution in [0.5, 0.6) is 0 Å². The average molecular weight is 1190 g/mol. The molecule has 8 nitrogen and oxygen atoms in total. The lowest BCUT2D eigenvalue weighted by atomic mass is 9.99. The summed E-state index contributed by atoms with van der Waals surface area (Å²) >= 11 is 0. The van der Waals surface area contributed by atoms with Crippen molar-refractivity contribution in [3.8, 4) is 89.0 Å². The highest BCUT2D eigenvalue weighted by molar-refractivity contribution is 7.93. The van der Waals surface area contributed by atoms with Gasteiger partial charge in [0.1, 0.15) is 0 Å². The van der Waals surface area contributed by atoms with Crippen LogP contribution in [-0.4, -0.2) is 41.7 Å². The van der Waals surface area contributed by atoms with Crippen LogP contribution in [0.25, 0.3) is 89.0 Å². The molecule has 4 heterocycles. The molecule has 13 heteroatoms. The summed E-state index contributed by atoms with van der Waals surface area (Å²) in [5.74, 6) is 0. The maximum atomic E-state index is 13.7. The molecule has 0 saturated carbocycles. The van der Waals surface area contributed by atoms with E-state index in [-0.39, 0.29) is 19.6 Å². The van der Waals surface area contributed by atoms with Crippen molar-refractivity contribution in [3.63, 3.8) is 0 Å². The maximum Gasteiger partial charge on any atom is 0.207 e.